The molecule has 0 aliphatic rings. The van der Waals surface area contributed by atoms with Crippen molar-refractivity contribution < 1.29 is 0 Å². The van der Waals surface area contributed by atoms with Gasteiger partial charge in [-0.25, -0.2) is 4.98 Å². The van der Waals surface area contributed by atoms with E-state index in [0.29, 0.717) is 0 Å². The number of hydrogen-bond acceptors (Lipinski definition) is 3. The van der Waals surface area contributed by atoms with Crippen molar-refractivity contribution in [1.29, 1.82) is 0 Å². The number of allylic oxidation sites excluding steroid dienone is 1. The summed E-state index contributed by atoms with van der Waals surface area (Å²) < 4.78 is 3.05. The third-order valence-electron chi connectivity index (χ3n) is 2.99. The van der Waals surface area contributed by atoms with E-state index in [1.807, 2.05) is 36.9 Å². The summed E-state index contributed by atoms with van der Waals surface area (Å²) in [5, 5.41) is 0.739. The van der Waals surface area contributed by atoms with Crippen molar-refractivity contribution in [2.24, 2.45) is 7.05 Å². The smallest absolute Gasteiger partial charge is 0.135 e. The van der Waals surface area contributed by atoms with Gasteiger partial charge in [0.25, 0.3) is 0 Å². The second kappa shape index (κ2) is 4.47. The first-order valence-electron chi connectivity index (χ1n) is 5.80. The highest BCUT2D eigenvalue weighted by molar-refractivity contribution is 7.22. The first-order valence-corrected chi connectivity index (χ1v) is 6.99. The topological polar surface area (TPSA) is 30.7 Å². The highest BCUT2D eigenvalue weighted by Crippen LogP contribution is 2.36. The van der Waals surface area contributed by atoms with E-state index >= 15 is 0 Å². The minimum Gasteiger partial charge on any atom is -0.327 e. The first-order chi connectivity index (χ1) is 9.08. The number of thiophene rings is 1. The summed E-state index contributed by atoms with van der Waals surface area (Å²) in [5.41, 5.74) is 2.92. The summed E-state index contributed by atoms with van der Waals surface area (Å²) in [6.45, 7) is 5.89. The monoisotopic (exact) mass is 289 g/mol. The van der Waals surface area contributed by atoms with Gasteiger partial charge in [0.15, 0.2) is 0 Å². The van der Waals surface area contributed by atoms with Crippen molar-refractivity contribution in [1.82, 2.24) is 14.5 Å². The summed E-state index contributed by atoms with van der Waals surface area (Å²) in [7, 11) is 1.99. The summed E-state index contributed by atoms with van der Waals surface area (Å²) in [4.78, 5) is 9.85. The molecule has 5 heteroatoms. The van der Waals surface area contributed by atoms with Gasteiger partial charge in [0.2, 0.25) is 0 Å². The second-order valence-corrected chi connectivity index (χ2v) is 5.88. The Labute approximate surface area is 120 Å². The molecule has 0 saturated carbocycles. The molecule has 0 bridgehead atoms. The molecule has 96 valence electrons. The quantitative estimate of drug-likeness (QED) is 0.701. The molecule has 3 aromatic heterocycles. The van der Waals surface area contributed by atoms with Gasteiger partial charge in [-0.1, -0.05) is 18.2 Å². The molecule has 3 heterocycles. The van der Waals surface area contributed by atoms with Crippen molar-refractivity contribution in [2.45, 2.75) is 6.92 Å². The number of pyridine rings is 1. The minimum absolute atomic E-state index is 0.739. The van der Waals surface area contributed by atoms with Crippen LogP contribution in [0.2, 0.25) is 5.02 Å². The number of nitrogens with zero attached hydrogens (tertiary/aromatic N) is 3. The number of fused-ring (bicyclic) bond motifs is 1. The van der Waals surface area contributed by atoms with E-state index in [2.05, 4.69) is 16.5 Å². The lowest BCUT2D eigenvalue weighted by Crippen LogP contribution is -1.95. The van der Waals surface area contributed by atoms with Crippen LogP contribution >= 0.6 is 22.9 Å². The first kappa shape index (κ1) is 12.4. The van der Waals surface area contributed by atoms with Crippen LogP contribution < -0.4 is 0 Å². The minimum atomic E-state index is 0.739. The Morgan fingerprint density at radius 1 is 1.42 bits per heavy atom. The molecule has 3 nitrogen and oxygen atoms in total. The summed E-state index contributed by atoms with van der Waals surface area (Å²) in [5.74, 6) is 0.895. The zero-order valence-electron chi connectivity index (χ0n) is 10.6. The molecule has 0 aliphatic carbocycles. The highest BCUT2D eigenvalue weighted by atomic mass is 35.5. The van der Waals surface area contributed by atoms with Crippen LogP contribution in [0, 0.1) is 0 Å². The van der Waals surface area contributed by atoms with Gasteiger partial charge in [-0.3, -0.25) is 4.98 Å². The van der Waals surface area contributed by atoms with Gasteiger partial charge in [0.1, 0.15) is 5.82 Å². The molecule has 0 atom stereocenters. The molecule has 0 spiro atoms. The van der Waals surface area contributed by atoms with Gasteiger partial charge >= 0.3 is 0 Å². The van der Waals surface area contributed by atoms with Gasteiger partial charge < -0.3 is 4.57 Å². The molecule has 0 aromatic carbocycles. The van der Waals surface area contributed by atoms with Crippen LogP contribution in [0.15, 0.2) is 31.1 Å². The molecule has 0 N–H and O–H groups in total. The molecule has 0 unspecified atom stereocenters. The molecule has 0 amide bonds. The molecular weight excluding hydrogens is 278 g/mol. The highest BCUT2D eigenvalue weighted by Gasteiger charge is 2.13. The van der Waals surface area contributed by atoms with Crippen LogP contribution in [-0.2, 0) is 7.05 Å². The van der Waals surface area contributed by atoms with Crippen LogP contribution in [0.3, 0.4) is 0 Å². The van der Waals surface area contributed by atoms with Gasteiger partial charge in [-0.2, -0.15) is 0 Å². The van der Waals surface area contributed by atoms with E-state index in [-0.39, 0.29) is 0 Å². The van der Waals surface area contributed by atoms with Crippen LogP contribution in [0.4, 0.5) is 0 Å². The average Bonchev–Trinajstić information content (AvgIpc) is 2.93. The molecule has 3 aromatic rings. The fraction of sp³-hybridized carbons (Fsp3) is 0.143. The van der Waals surface area contributed by atoms with E-state index < -0.39 is 0 Å². The fourth-order valence-electron chi connectivity index (χ4n) is 2.07. The van der Waals surface area contributed by atoms with E-state index in [9.17, 15) is 0 Å². The van der Waals surface area contributed by atoms with E-state index in [1.54, 1.807) is 17.5 Å². The third kappa shape index (κ3) is 1.97. The largest absolute Gasteiger partial charge is 0.327 e. The number of aromatic nitrogens is 3. The van der Waals surface area contributed by atoms with E-state index in [4.69, 9.17) is 11.6 Å². The van der Waals surface area contributed by atoms with E-state index in [1.165, 1.54) is 0 Å². The van der Waals surface area contributed by atoms with Crippen molar-refractivity contribution in [2.75, 3.05) is 0 Å². The summed E-state index contributed by atoms with van der Waals surface area (Å²) in [6, 6.07) is 3.86. The Kier molecular flexibility index (Phi) is 2.92. The molecule has 0 radical (unpaired) electrons. The standard InChI is InChI=1S/C14H12ClN3S/c1-8(2)14-17-7-11(18(14)3)12-6-10-13(19-12)9(15)4-5-16-10/h4-7H,1H2,2-3H3. The second-order valence-electron chi connectivity index (χ2n) is 4.42. The fourth-order valence-corrected chi connectivity index (χ4v) is 3.40. The zero-order chi connectivity index (χ0) is 13.6. The maximum absolute atomic E-state index is 6.19. The number of hydrogen-bond donors (Lipinski definition) is 0. The lowest BCUT2D eigenvalue weighted by Gasteiger charge is -2.03. The van der Waals surface area contributed by atoms with Gasteiger partial charge in [0.05, 0.1) is 32.0 Å². The van der Waals surface area contributed by atoms with Crippen molar-refractivity contribution in [3.05, 3.63) is 42.0 Å². The SMILES string of the molecule is C=C(C)c1ncc(-c2cc3nccc(Cl)c3s2)n1C. The molecule has 0 saturated heterocycles. The maximum Gasteiger partial charge on any atom is 0.135 e. The molecule has 19 heavy (non-hydrogen) atoms. The van der Waals surface area contributed by atoms with Crippen molar-refractivity contribution >= 4 is 38.7 Å². The van der Waals surface area contributed by atoms with Crippen molar-refractivity contribution in [3.63, 3.8) is 0 Å². The van der Waals surface area contributed by atoms with Crippen LogP contribution in [0.25, 0.3) is 26.4 Å². The zero-order valence-corrected chi connectivity index (χ0v) is 12.2. The number of rotatable bonds is 2. The molecular formula is C14H12ClN3S. The van der Waals surface area contributed by atoms with Gasteiger partial charge in [0, 0.05) is 13.2 Å². The normalized spacial score (nSPS) is 11.1. The lowest BCUT2D eigenvalue weighted by molar-refractivity contribution is 0.899. The third-order valence-corrected chi connectivity index (χ3v) is 4.59. The Balaban J connectivity index is 2.20. The van der Waals surface area contributed by atoms with Gasteiger partial charge in [-0.05, 0) is 24.6 Å². The average molecular weight is 290 g/mol. The molecule has 0 aliphatic heterocycles. The van der Waals surface area contributed by atoms with Crippen molar-refractivity contribution in [3.8, 4) is 10.6 Å². The van der Waals surface area contributed by atoms with Crippen LogP contribution in [0.5, 0.6) is 0 Å². The Bertz CT molecular complexity index is 785. The van der Waals surface area contributed by atoms with Crippen LogP contribution in [-0.4, -0.2) is 14.5 Å². The molecule has 0 fully saturated rings. The Morgan fingerprint density at radius 2 is 2.21 bits per heavy atom. The van der Waals surface area contributed by atoms with Gasteiger partial charge in [-0.15, -0.1) is 11.3 Å². The predicted octanol–water partition coefficient (Wildman–Crippen LogP) is 4.38. The summed E-state index contributed by atoms with van der Waals surface area (Å²) in [6.07, 6.45) is 3.59. The number of halogens is 1. The molecule has 3 rings (SSSR count). The number of imidazole rings is 1. The van der Waals surface area contributed by atoms with E-state index in [0.717, 1.165) is 37.2 Å². The predicted molar refractivity (Wildman–Crippen MR) is 81.5 cm³/mol. The Hall–Kier alpha value is -1.65. The maximum atomic E-state index is 6.19. The summed E-state index contributed by atoms with van der Waals surface area (Å²) >= 11 is 7.82. The Morgan fingerprint density at radius 3 is 2.84 bits per heavy atom. The van der Waals surface area contributed by atoms with Crippen LogP contribution in [0.1, 0.15) is 12.7 Å². The lowest BCUT2D eigenvalue weighted by atomic mass is 10.3.